The molecule has 0 spiro atoms. The van der Waals surface area contributed by atoms with Gasteiger partial charge in [-0.1, -0.05) is 13.5 Å². The summed E-state index contributed by atoms with van der Waals surface area (Å²) in [6.45, 7) is 5.46. The zero-order valence-electron chi connectivity index (χ0n) is 7.91. The van der Waals surface area contributed by atoms with E-state index in [1.54, 1.807) is 6.20 Å². The molecule has 1 aromatic heterocycles. The maximum absolute atomic E-state index is 10.8. The van der Waals surface area contributed by atoms with E-state index in [1.807, 2.05) is 6.92 Å². The Labute approximate surface area is 81.4 Å². The number of carbonyl (C=O) groups excluding carboxylic acids is 1. The summed E-state index contributed by atoms with van der Waals surface area (Å²) in [5.41, 5.74) is 1.15. The molecule has 0 radical (unpaired) electrons. The number of aromatic nitrogens is 2. The third-order valence-electron chi connectivity index (χ3n) is 1.81. The first kappa shape index (κ1) is 10.5. The highest BCUT2D eigenvalue weighted by Crippen LogP contribution is 2.05. The van der Waals surface area contributed by atoms with Crippen molar-refractivity contribution in [3.8, 4) is 0 Å². The van der Waals surface area contributed by atoms with Crippen molar-refractivity contribution in [2.45, 2.75) is 19.8 Å². The molecular weight excluding hydrogens is 184 g/mol. The second-order valence-electron chi connectivity index (χ2n) is 2.87. The molecule has 0 amide bonds. The number of H-pyrrole nitrogens is 1. The molecule has 0 fully saturated rings. The van der Waals surface area contributed by atoms with Crippen LogP contribution in [0.25, 0.3) is 0 Å². The average Bonchev–Trinajstić information content (AvgIpc) is 2.64. The molecule has 14 heavy (non-hydrogen) atoms. The number of carbonyl (C=O) groups is 1. The van der Waals surface area contributed by atoms with Crippen LogP contribution in [-0.4, -0.2) is 21.2 Å². The predicted molar refractivity (Wildman–Crippen MR) is 49.5 cm³/mol. The second kappa shape index (κ2) is 4.57. The van der Waals surface area contributed by atoms with Crippen LogP contribution >= 0.6 is 0 Å². The number of aryl methyl sites for hydroxylation is 1. The Hall–Kier alpha value is -1.62. The van der Waals surface area contributed by atoms with Gasteiger partial charge in [0, 0.05) is 23.9 Å². The van der Waals surface area contributed by atoms with Crippen molar-refractivity contribution < 1.29 is 14.9 Å². The molecule has 0 aliphatic rings. The van der Waals surface area contributed by atoms with E-state index in [-0.39, 0.29) is 12.0 Å². The molecule has 1 aromatic rings. The lowest BCUT2D eigenvalue weighted by Crippen LogP contribution is -2.07. The molecule has 0 bridgehead atoms. The van der Waals surface area contributed by atoms with Crippen molar-refractivity contribution in [1.29, 1.82) is 0 Å². The number of hydrogen-bond acceptors (Lipinski definition) is 4. The molecule has 0 aliphatic carbocycles. The first-order valence-corrected chi connectivity index (χ1v) is 4.23. The standard InChI is InChI=1S/C9H12N2O3/c1-3-7-5-10-8(11-7)4-6(2)9(12)14-13/h5,13H,2-4H2,1H3,(H,10,11). The zero-order valence-corrected chi connectivity index (χ0v) is 7.91. The van der Waals surface area contributed by atoms with Gasteiger partial charge in [0.25, 0.3) is 0 Å². The lowest BCUT2D eigenvalue weighted by Gasteiger charge is -1.98. The van der Waals surface area contributed by atoms with E-state index < -0.39 is 5.97 Å². The van der Waals surface area contributed by atoms with Crippen molar-refractivity contribution in [2.24, 2.45) is 0 Å². The van der Waals surface area contributed by atoms with Gasteiger partial charge in [-0.3, -0.25) is 4.89 Å². The molecule has 1 heterocycles. The largest absolute Gasteiger partial charge is 0.368 e. The number of nitrogens with zero attached hydrogens (tertiary/aromatic N) is 1. The van der Waals surface area contributed by atoms with Crippen LogP contribution in [0.2, 0.25) is 0 Å². The van der Waals surface area contributed by atoms with Crippen LogP contribution in [0.3, 0.4) is 0 Å². The number of aromatic amines is 1. The summed E-state index contributed by atoms with van der Waals surface area (Å²) >= 11 is 0. The molecule has 0 saturated heterocycles. The zero-order chi connectivity index (χ0) is 10.6. The van der Waals surface area contributed by atoms with E-state index in [2.05, 4.69) is 21.4 Å². The van der Waals surface area contributed by atoms with Gasteiger partial charge in [0.2, 0.25) is 0 Å². The Morgan fingerprint density at radius 3 is 3.00 bits per heavy atom. The highest BCUT2D eigenvalue weighted by Gasteiger charge is 2.10. The number of nitrogens with one attached hydrogen (secondary N) is 1. The summed E-state index contributed by atoms with van der Waals surface area (Å²) < 4.78 is 0. The van der Waals surface area contributed by atoms with Gasteiger partial charge in [0.15, 0.2) is 0 Å². The van der Waals surface area contributed by atoms with E-state index >= 15 is 0 Å². The SMILES string of the molecule is C=C(Cc1ncc(CC)[nH]1)C(=O)OO. The fourth-order valence-corrected chi connectivity index (χ4v) is 1.01. The minimum absolute atomic E-state index is 0.157. The van der Waals surface area contributed by atoms with Gasteiger partial charge in [-0.05, 0) is 6.42 Å². The molecule has 0 atom stereocenters. The van der Waals surface area contributed by atoms with Crippen LogP contribution in [-0.2, 0) is 22.5 Å². The van der Waals surface area contributed by atoms with E-state index in [4.69, 9.17) is 5.26 Å². The Bertz CT molecular complexity index is 344. The fourth-order valence-electron chi connectivity index (χ4n) is 1.01. The Kier molecular flexibility index (Phi) is 3.41. The molecule has 0 saturated carbocycles. The highest BCUT2D eigenvalue weighted by molar-refractivity contribution is 5.87. The topological polar surface area (TPSA) is 75.2 Å². The van der Waals surface area contributed by atoms with Gasteiger partial charge >= 0.3 is 5.97 Å². The smallest absolute Gasteiger partial charge is 0.346 e. The molecule has 76 valence electrons. The van der Waals surface area contributed by atoms with Crippen molar-refractivity contribution in [1.82, 2.24) is 9.97 Å². The van der Waals surface area contributed by atoms with Crippen molar-refractivity contribution in [3.63, 3.8) is 0 Å². The summed E-state index contributed by atoms with van der Waals surface area (Å²) in [6, 6.07) is 0. The minimum Gasteiger partial charge on any atom is -0.346 e. The Balaban J connectivity index is 2.60. The number of imidazole rings is 1. The third-order valence-corrected chi connectivity index (χ3v) is 1.81. The molecule has 0 unspecified atom stereocenters. The minimum atomic E-state index is -0.834. The van der Waals surface area contributed by atoms with Crippen LogP contribution in [0.15, 0.2) is 18.3 Å². The van der Waals surface area contributed by atoms with Crippen LogP contribution in [0.1, 0.15) is 18.4 Å². The summed E-state index contributed by atoms with van der Waals surface area (Å²) in [5, 5.41) is 8.09. The second-order valence-corrected chi connectivity index (χ2v) is 2.87. The molecule has 0 aliphatic heterocycles. The van der Waals surface area contributed by atoms with Gasteiger partial charge in [-0.15, -0.1) is 0 Å². The van der Waals surface area contributed by atoms with E-state index in [0.29, 0.717) is 5.82 Å². The van der Waals surface area contributed by atoms with Gasteiger partial charge in [-0.2, -0.15) is 5.26 Å². The first-order chi connectivity index (χ1) is 6.67. The number of hydrogen-bond donors (Lipinski definition) is 2. The Morgan fingerprint density at radius 2 is 2.50 bits per heavy atom. The maximum atomic E-state index is 10.8. The predicted octanol–water partition coefficient (Wildman–Crippen LogP) is 1.09. The summed E-state index contributed by atoms with van der Waals surface area (Å²) in [6.07, 6.45) is 2.80. The van der Waals surface area contributed by atoms with Crippen molar-refractivity contribution in [2.75, 3.05) is 0 Å². The van der Waals surface area contributed by atoms with Crippen LogP contribution < -0.4 is 0 Å². The van der Waals surface area contributed by atoms with Gasteiger partial charge in [-0.25, -0.2) is 9.78 Å². The monoisotopic (exact) mass is 196 g/mol. The molecule has 5 nitrogen and oxygen atoms in total. The van der Waals surface area contributed by atoms with Crippen LogP contribution in [0.5, 0.6) is 0 Å². The van der Waals surface area contributed by atoms with Gasteiger partial charge in [0.05, 0.1) is 0 Å². The van der Waals surface area contributed by atoms with E-state index in [9.17, 15) is 4.79 Å². The van der Waals surface area contributed by atoms with Crippen LogP contribution in [0.4, 0.5) is 0 Å². The molecule has 0 aromatic carbocycles. The van der Waals surface area contributed by atoms with E-state index in [0.717, 1.165) is 12.1 Å². The molecule has 1 rings (SSSR count). The Morgan fingerprint density at radius 1 is 1.79 bits per heavy atom. The van der Waals surface area contributed by atoms with Crippen molar-refractivity contribution in [3.05, 3.63) is 29.9 Å². The maximum Gasteiger partial charge on any atom is 0.368 e. The van der Waals surface area contributed by atoms with E-state index in [1.165, 1.54) is 0 Å². The number of rotatable bonds is 4. The summed E-state index contributed by atoms with van der Waals surface area (Å²) in [5.74, 6) is -0.198. The van der Waals surface area contributed by atoms with Crippen molar-refractivity contribution >= 4 is 5.97 Å². The van der Waals surface area contributed by atoms with Gasteiger partial charge < -0.3 is 4.98 Å². The molecule has 5 heteroatoms. The fraction of sp³-hybridized carbons (Fsp3) is 0.333. The lowest BCUT2D eigenvalue weighted by atomic mass is 10.2. The highest BCUT2D eigenvalue weighted by atomic mass is 17.1. The quantitative estimate of drug-likeness (QED) is 0.429. The van der Waals surface area contributed by atoms with Crippen LogP contribution in [0, 0.1) is 0 Å². The normalized spacial score (nSPS) is 9.86. The molecular formula is C9H12N2O3. The first-order valence-electron chi connectivity index (χ1n) is 4.23. The summed E-state index contributed by atoms with van der Waals surface area (Å²) in [4.78, 5) is 21.4. The third kappa shape index (κ3) is 2.43. The molecule has 2 N–H and O–H groups in total. The average molecular weight is 196 g/mol. The van der Waals surface area contributed by atoms with Gasteiger partial charge in [0.1, 0.15) is 5.82 Å². The lowest BCUT2D eigenvalue weighted by molar-refractivity contribution is -0.229. The summed E-state index contributed by atoms with van der Waals surface area (Å²) in [7, 11) is 0.